The minimum Gasteiger partial charge on any atom is -0.497 e. The Hall–Kier alpha value is -1.84. The van der Waals surface area contributed by atoms with Crippen molar-refractivity contribution in [3.63, 3.8) is 0 Å². The van der Waals surface area contributed by atoms with Crippen LogP contribution in [0.15, 0.2) is 18.2 Å². The summed E-state index contributed by atoms with van der Waals surface area (Å²) in [5.41, 5.74) is 1.72. The van der Waals surface area contributed by atoms with Gasteiger partial charge in [-0.1, -0.05) is 0 Å². The molecule has 0 bridgehead atoms. The van der Waals surface area contributed by atoms with E-state index in [0.29, 0.717) is 13.0 Å². The molecule has 0 saturated carbocycles. The van der Waals surface area contributed by atoms with E-state index in [1.807, 2.05) is 19.1 Å². The molecule has 0 unspecified atom stereocenters. The van der Waals surface area contributed by atoms with Crippen LogP contribution in [-0.4, -0.2) is 25.3 Å². The SMILES string of the molecule is COc1ccc(N2CCC(=O)C2=O)c(C)c1. The summed E-state index contributed by atoms with van der Waals surface area (Å²) in [6.45, 7) is 2.37. The van der Waals surface area contributed by atoms with Crippen molar-refractivity contribution in [1.29, 1.82) is 0 Å². The number of carbonyl (C=O) groups excluding carboxylic acids is 2. The predicted molar refractivity (Wildman–Crippen MR) is 59.7 cm³/mol. The van der Waals surface area contributed by atoms with Crippen LogP contribution in [-0.2, 0) is 9.59 Å². The van der Waals surface area contributed by atoms with E-state index in [-0.39, 0.29) is 5.78 Å². The van der Waals surface area contributed by atoms with E-state index < -0.39 is 5.91 Å². The van der Waals surface area contributed by atoms with Crippen LogP contribution in [0.2, 0.25) is 0 Å². The fourth-order valence-electron chi connectivity index (χ4n) is 1.86. The second-order valence-corrected chi connectivity index (χ2v) is 3.78. The number of ether oxygens (including phenoxy) is 1. The first-order valence-corrected chi connectivity index (χ1v) is 5.13. The maximum Gasteiger partial charge on any atom is 0.294 e. The van der Waals surface area contributed by atoms with Gasteiger partial charge in [-0.15, -0.1) is 0 Å². The minimum atomic E-state index is -0.409. The number of Topliss-reactive ketones (excluding diaryl/α,β-unsaturated/α-hetero) is 1. The zero-order valence-electron chi connectivity index (χ0n) is 9.32. The number of anilines is 1. The summed E-state index contributed by atoms with van der Waals surface area (Å²) >= 11 is 0. The van der Waals surface area contributed by atoms with Crippen LogP contribution in [0, 0.1) is 6.92 Å². The van der Waals surface area contributed by atoms with Crippen molar-refractivity contribution in [1.82, 2.24) is 0 Å². The number of benzene rings is 1. The summed E-state index contributed by atoms with van der Waals surface area (Å²) in [4.78, 5) is 24.3. The number of nitrogens with zero attached hydrogens (tertiary/aromatic N) is 1. The summed E-state index contributed by atoms with van der Waals surface area (Å²) in [5.74, 6) is 0.0303. The number of aryl methyl sites for hydroxylation is 1. The van der Waals surface area contributed by atoms with Gasteiger partial charge in [0.1, 0.15) is 5.75 Å². The van der Waals surface area contributed by atoms with Crippen LogP contribution < -0.4 is 9.64 Å². The van der Waals surface area contributed by atoms with Crippen molar-refractivity contribution in [3.05, 3.63) is 23.8 Å². The first-order valence-electron chi connectivity index (χ1n) is 5.13. The molecular formula is C12H13NO3. The first-order chi connectivity index (χ1) is 7.63. The molecule has 0 N–H and O–H groups in total. The molecule has 1 aromatic rings. The van der Waals surface area contributed by atoms with Crippen molar-refractivity contribution in [3.8, 4) is 5.75 Å². The highest BCUT2D eigenvalue weighted by atomic mass is 16.5. The lowest BCUT2D eigenvalue weighted by atomic mass is 10.1. The molecule has 1 amide bonds. The average Bonchev–Trinajstić information content (AvgIpc) is 2.60. The van der Waals surface area contributed by atoms with Gasteiger partial charge in [0.05, 0.1) is 7.11 Å². The molecule has 1 aromatic carbocycles. The Kier molecular flexibility index (Phi) is 2.64. The molecule has 1 saturated heterocycles. The third-order valence-electron chi connectivity index (χ3n) is 2.74. The number of rotatable bonds is 2. The lowest BCUT2D eigenvalue weighted by molar-refractivity contribution is -0.133. The fraction of sp³-hybridized carbons (Fsp3) is 0.333. The Morgan fingerprint density at radius 3 is 2.56 bits per heavy atom. The Bertz CT molecular complexity index is 454. The van der Waals surface area contributed by atoms with Gasteiger partial charge in [0.25, 0.3) is 5.91 Å². The number of hydrogen-bond donors (Lipinski definition) is 0. The highest BCUT2D eigenvalue weighted by molar-refractivity contribution is 6.43. The zero-order valence-corrected chi connectivity index (χ0v) is 9.32. The normalized spacial score (nSPS) is 15.8. The van der Waals surface area contributed by atoms with Crippen LogP contribution in [0.25, 0.3) is 0 Å². The van der Waals surface area contributed by atoms with Crippen molar-refractivity contribution in [2.75, 3.05) is 18.6 Å². The molecule has 4 nitrogen and oxygen atoms in total. The molecule has 0 aliphatic carbocycles. The Morgan fingerprint density at radius 1 is 1.31 bits per heavy atom. The van der Waals surface area contributed by atoms with Crippen molar-refractivity contribution in [2.45, 2.75) is 13.3 Å². The number of methoxy groups -OCH3 is 1. The topological polar surface area (TPSA) is 46.6 Å². The van der Waals surface area contributed by atoms with E-state index >= 15 is 0 Å². The average molecular weight is 219 g/mol. The summed E-state index contributed by atoms with van der Waals surface area (Å²) in [5, 5.41) is 0. The number of carbonyl (C=O) groups is 2. The van der Waals surface area contributed by atoms with Gasteiger partial charge in [-0.05, 0) is 30.7 Å². The number of hydrogen-bond acceptors (Lipinski definition) is 3. The standard InChI is InChI=1S/C12H13NO3/c1-8-7-9(16-2)3-4-10(8)13-6-5-11(14)12(13)15/h3-4,7H,5-6H2,1-2H3. The molecule has 1 aliphatic heterocycles. The Morgan fingerprint density at radius 2 is 2.06 bits per heavy atom. The van der Waals surface area contributed by atoms with E-state index in [9.17, 15) is 9.59 Å². The molecular weight excluding hydrogens is 206 g/mol. The highest BCUT2D eigenvalue weighted by Gasteiger charge is 2.30. The van der Waals surface area contributed by atoms with E-state index in [1.54, 1.807) is 13.2 Å². The molecule has 4 heteroatoms. The van der Waals surface area contributed by atoms with Crippen LogP contribution in [0.1, 0.15) is 12.0 Å². The first kappa shape index (κ1) is 10.7. The largest absolute Gasteiger partial charge is 0.497 e. The second-order valence-electron chi connectivity index (χ2n) is 3.78. The van der Waals surface area contributed by atoms with Gasteiger partial charge >= 0.3 is 0 Å². The van der Waals surface area contributed by atoms with E-state index in [2.05, 4.69) is 0 Å². The quantitative estimate of drug-likeness (QED) is 0.704. The lowest BCUT2D eigenvalue weighted by Gasteiger charge is -2.17. The van der Waals surface area contributed by atoms with Gasteiger partial charge in [-0.3, -0.25) is 9.59 Å². The molecule has 0 atom stereocenters. The van der Waals surface area contributed by atoms with Crippen LogP contribution in [0.3, 0.4) is 0 Å². The fourth-order valence-corrected chi connectivity index (χ4v) is 1.86. The maximum atomic E-state index is 11.6. The third kappa shape index (κ3) is 1.66. The lowest BCUT2D eigenvalue weighted by Crippen LogP contribution is -2.27. The molecule has 1 heterocycles. The minimum absolute atomic E-state index is 0.310. The summed E-state index contributed by atoms with van der Waals surface area (Å²) in [7, 11) is 1.60. The second kappa shape index (κ2) is 3.96. The van der Waals surface area contributed by atoms with Gasteiger partial charge in [0, 0.05) is 18.7 Å². The molecule has 1 aliphatic rings. The zero-order chi connectivity index (χ0) is 11.7. The maximum absolute atomic E-state index is 11.6. The molecule has 84 valence electrons. The predicted octanol–water partition coefficient (Wildman–Crippen LogP) is 1.31. The van der Waals surface area contributed by atoms with Crippen LogP contribution in [0.5, 0.6) is 5.75 Å². The Balaban J connectivity index is 2.34. The monoisotopic (exact) mass is 219 g/mol. The van der Waals surface area contributed by atoms with Crippen molar-refractivity contribution in [2.24, 2.45) is 0 Å². The van der Waals surface area contributed by atoms with Crippen molar-refractivity contribution >= 4 is 17.4 Å². The summed E-state index contributed by atoms with van der Waals surface area (Å²) in [6, 6.07) is 5.45. The molecule has 0 spiro atoms. The summed E-state index contributed by atoms with van der Waals surface area (Å²) < 4.78 is 5.09. The van der Waals surface area contributed by atoms with E-state index in [0.717, 1.165) is 17.0 Å². The van der Waals surface area contributed by atoms with Gasteiger partial charge in [-0.25, -0.2) is 0 Å². The molecule has 2 rings (SSSR count). The molecule has 0 radical (unpaired) electrons. The summed E-state index contributed by atoms with van der Waals surface area (Å²) in [6.07, 6.45) is 0.310. The van der Waals surface area contributed by atoms with Crippen LogP contribution in [0.4, 0.5) is 5.69 Å². The van der Waals surface area contributed by atoms with Gasteiger partial charge in [-0.2, -0.15) is 0 Å². The van der Waals surface area contributed by atoms with Gasteiger partial charge in [0.2, 0.25) is 5.78 Å². The van der Waals surface area contributed by atoms with E-state index in [1.165, 1.54) is 4.90 Å². The Labute approximate surface area is 93.8 Å². The third-order valence-corrected chi connectivity index (χ3v) is 2.74. The van der Waals surface area contributed by atoms with E-state index in [4.69, 9.17) is 4.74 Å². The van der Waals surface area contributed by atoms with Gasteiger partial charge < -0.3 is 9.64 Å². The van der Waals surface area contributed by atoms with Crippen LogP contribution >= 0.6 is 0 Å². The molecule has 16 heavy (non-hydrogen) atoms. The van der Waals surface area contributed by atoms with Crippen molar-refractivity contribution < 1.29 is 14.3 Å². The smallest absolute Gasteiger partial charge is 0.294 e. The highest BCUT2D eigenvalue weighted by Crippen LogP contribution is 2.27. The molecule has 1 fully saturated rings. The number of ketones is 1. The van der Waals surface area contributed by atoms with Gasteiger partial charge in [0.15, 0.2) is 0 Å². The molecule has 0 aromatic heterocycles. The number of amides is 1.